The Bertz CT molecular complexity index is 1380. The maximum Gasteiger partial charge on any atom is 0.227 e. The van der Waals surface area contributed by atoms with E-state index in [0.717, 1.165) is 75.1 Å². The second-order valence-electron chi connectivity index (χ2n) is 11.5. The zero-order valence-corrected chi connectivity index (χ0v) is 24.9. The highest BCUT2D eigenvalue weighted by atomic mass is 35.5. The van der Waals surface area contributed by atoms with Gasteiger partial charge >= 0.3 is 0 Å². The number of benzene rings is 2. The number of nitrogens with one attached hydrogen (secondary N) is 1. The van der Waals surface area contributed by atoms with E-state index in [0.29, 0.717) is 17.8 Å². The molecular weight excluding hydrogens is 530 g/mol. The number of hydrogen-bond donors (Lipinski definition) is 1. The van der Waals surface area contributed by atoms with Crippen LogP contribution in [-0.2, 0) is 17.6 Å². The Morgan fingerprint density at radius 1 is 0.976 bits per heavy atom. The molecule has 0 saturated carbocycles. The summed E-state index contributed by atoms with van der Waals surface area (Å²) in [5, 5.41) is 4.24. The molecule has 0 bridgehead atoms. The van der Waals surface area contributed by atoms with Gasteiger partial charge in [0, 0.05) is 75.1 Å². The molecule has 3 atom stereocenters. The first-order valence-corrected chi connectivity index (χ1v) is 15.2. The lowest BCUT2D eigenvalue weighted by molar-refractivity contribution is 0.0976. The molecule has 7 heteroatoms. The first kappa shape index (κ1) is 28.1. The summed E-state index contributed by atoms with van der Waals surface area (Å²) in [5.74, 6) is 1.59. The smallest absolute Gasteiger partial charge is 0.227 e. The highest BCUT2D eigenvalue weighted by molar-refractivity contribution is 6.30. The van der Waals surface area contributed by atoms with Gasteiger partial charge in [0.25, 0.3) is 0 Å². The van der Waals surface area contributed by atoms with E-state index in [1.165, 1.54) is 22.3 Å². The average molecular weight is 570 g/mol. The Labute approximate surface area is 249 Å². The molecule has 0 radical (unpaired) electrons. The number of anilines is 2. The first-order chi connectivity index (χ1) is 20.1. The second kappa shape index (κ2) is 12.9. The van der Waals surface area contributed by atoms with Crippen molar-refractivity contribution < 1.29 is 4.74 Å². The maximum atomic E-state index is 6.19. The molecule has 3 aromatic rings. The van der Waals surface area contributed by atoms with Gasteiger partial charge in [-0.15, -0.1) is 0 Å². The number of methoxy groups -OCH3 is 1. The molecule has 2 aliphatic carbocycles. The van der Waals surface area contributed by atoms with E-state index in [1.54, 1.807) is 7.11 Å². The van der Waals surface area contributed by atoms with Crippen LogP contribution in [0.3, 0.4) is 0 Å². The third-order valence-electron chi connectivity index (χ3n) is 8.88. The molecular formula is C34H40ClN5O. The quantitative estimate of drug-likeness (QED) is 0.329. The minimum atomic E-state index is 0.247. The first-order valence-electron chi connectivity index (χ1n) is 14.9. The van der Waals surface area contributed by atoms with Crippen LogP contribution in [0.1, 0.15) is 41.1 Å². The number of rotatable bonds is 9. The topological polar surface area (TPSA) is 53.5 Å². The number of piperazine rings is 1. The highest BCUT2D eigenvalue weighted by Gasteiger charge is 2.37. The highest BCUT2D eigenvalue weighted by Crippen LogP contribution is 2.48. The van der Waals surface area contributed by atoms with Gasteiger partial charge in [0.15, 0.2) is 0 Å². The fourth-order valence-electron chi connectivity index (χ4n) is 6.48. The molecule has 1 fully saturated rings. The van der Waals surface area contributed by atoms with Crippen LogP contribution >= 0.6 is 11.6 Å². The Kier molecular flexibility index (Phi) is 8.82. The molecule has 3 aliphatic rings. The Hall–Kier alpha value is -3.03. The van der Waals surface area contributed by atoms with Gasteiger partial charge in [-0.3, -0.25) is 4.90 Å². The van der Waals surface area contributed by atoms with Gasteiger partial charge in [-0.05, 0) is 59.7 Å². The van der Waals surface area contributed by atoms with E-state index in [2.05, 4.69) is 76.7 Å². The molecule has 1 N–H and O–H groups in total. The maximum absolute atomic E-state index is 6.19. The summed E-state index contributed by atoms with van der Waals surface area (Å²) in [5.41, 5.74) is 7.48. The van der Waals surface area contributed by atoms with Crippen molar-refractivity contribution >= 4 is 23.2 Å². The van der Waals surface area contributed by atoms with Crippen LogP contribution in [0.2, 0.25) is 5.02 Å². The van der Waals surface area contributed by atoms with E-state index >= 15 is 0 Å². The second-order valence-corrected chi connectivity index (χ2v) is 12.0. The fourth-order valence-corrected chi connectivity index (χ4v) is 6.60. The number of ether oxygens (including phenoxy) is 1. The van der Waals surface area contributed by atoms with Gasteiger partial charge in [-0.1, -0.05) is 66.6 Å². The van der Waals surface area contributed by atoms with Gasteiger partial charge in [-0.25, -0.2) is 9.97 Å². The molecule has 2 aromatic carbocycles. The molecule has 0 amide bonds. The van der Waals surface area contributed by atoms with E-state index in [1.807, 2.05) is 18.3 Å². The van der Waals surface area contributed by atoms with Gasteiger partial charge < -0.3 is 15.0 Å². The molecule has 214 valence electrons. The third kappa shape index (κ3) is 6.57. The standard InChI is InChI=1S/C34H40ClN5O/c1-24-4-3-5-30-31(26-8-10-28(35)11-9-26)22-27-23-36-34(38-33(27)32(24)30)37-29-12-6-25(7-13-29)14-15-39-16-18-40(19-17-39)20-21-41-2/h3-13,23-24,31-32H,14-22H2,1-2H3,(H,36,37,38). The summed E-state index contributed by atoms with van der Waals surface area (Å²) in [7, 11) is 1.77. The normalized spacial score (nSPS) is 22.6. The number of fused-ring (bicyclic) bond motifs is 3. The molecule has 6 rings (SSSR count). The molecule has 3 unspecified atom stereocenters. The summed E-state index contributed by atoms with van der Waals surface area (Å²) < 4.78 is 5.22. The molecule has 1 saturated heterocycles. The number of nitrogens with zero attached hydrogens (tertiary/aromatic N) is 4. The summed E-state index contributed by atoms with van der Waals surface area (Å²) in [6.07, 6.45) is 10.8. The van der Waals surface area contributed by atoms with Crippen LogP contribution in [0, 0.1) is 5.92 Å². The van der Waals surface area contributed by atoms with Crippen molar-refractivity contribution in [3.05, 3.63) is 106 Å². The summed E-state index contributed by atoms with van der Waals surface area (Å²) in [6.45, 7) is 9.75. The number of aromatic nitrogens is 2. The predicted octanol–water partition coefficient (Wildman–Crippen LogP) is 6.24. The lowest BCUT2D eigenvalue weighted by atomic mass is 9.67. The number of hydrogen-bond acceptors (Lipinski definition) is 6. The number of allylic oxidation sites excluding steroid dienone is 4. The van der Waals surface area contributed by atoms with Crippen molar-refractivity contribution in [2.24, 2.45) is 5.92 Å². The van der Waals surface area contributed by atoms with Crippen LogP contribution < -0.4 is 5.32 Å². The van der Waals surface area contributed by atoms with Crippen LogP contribution in [0.4, 0.5) is 11.6 Å². The molecule has 1 aliphatic heterocycles. The summed E-state index contributed by atoms with van der Waals surface area (Å²) in [6, 6.07) is 17.0. The van der Waals surface area contributed by atoms with Crippen molar-refractivity contribution in [2.75, 3.05) is 58.3 Å². The van der Waals surface area contributed by atoms with Crippen molar-refractivity contribution in [2.45, 2.75) is 31.6 Å². The predicted molar refractivity (Wildman–Crippen MR) is 167 cm³/mol. The van der Waals surface area contributed by atoms with E-state index in [9.17, 15) is 0 Å². The summed E-state index contributed by atoms with van der Waals surface area (Å²) in [4.78, 5) is 14.9. The Balaban J connectivity index is 1.10. The molecule has 6 nitrogen and oxygen atoms in total. The Morgan fingerprint density at radius 3 is 2.44 bits per heavy atom. The number of halogens is 1. The van der Waals surface area contributed by atoms with Crippen molar-refractivity contribution in [3.63, 3.8) is 0 Å². The lowest BCUT2D eigenvalue weighted by Gasteiger charge is -2.38. The lowest BCUT2D eigenvalue weighted by Crippen LogP contribution is -2.47. The van der Waals surface area contributed by atoms with Crippen LogP contribution in [0.15, 0.2) is 78.5 Å². The van der Waals surface area contributed by atoms with Gasteiger partial charge in [0.05, 0.1) is 12.3 Å². The summed E-state index contributed by atoms with van der Waals surface area (Å²) >= 11 is 6.19. The largest absolute Gasteiger partial charge is 0.383 e. The molecule has 0 spiro atoms. The fraction of sp³-hybridized carbons (Fsp3) is 0.412. The average Bonchev–Trinajstić information content (AvgIpc) is 3.00. The van der Waals surface area contributed by atoms with Gasteiger partial charge in [0.1, 0.15) is 0 Å². The zero-order valence-electron chi connectivity index (χ0n) is 24.1. The van der Waals surface area contributed by atoms with E-state index in [4.69, 9.17) is 26.3 Å². The molecule has 2 heterocycles. The zero-order chi connectivity index (χ0) is 28.2. The third-order valence-corrected chi connectivity index (χ3v) is 9.13. The van der Waals surface area contributed by atoms with Crippen LogP contribution in [0.25, 0.3) is 0 Å². The van der Waals surface area contributed by atoms with Crippen molar-refractivity contribution in [1.29, 1.82) is 0 Å². The van der Waals surface area contributed by atoms with Gasteiger partial charge in [0.2, 0.25) is 5.95 Å². The van der Waals surface area contributed by atoms with E-state index < -0.39 is 0 Å². The minimum Gasteiger partial charge on any atom is -0.383 e. The van der Waals surface area contributed by atoms with Gasteiger partial charge in [-0.2, -0.15) is 0 Å². The van der Waals surface area contributed by atoms with Crippen molar-refractivity contribution in [3.8, 4) is 0 Å². The van der Waals surface area contributed by atoms with Crippen molar-refractivity contribution in [1.82, 2.24) is 19.8 Å². The van der Waals surface area contributed by atoms with Crippen LogP contribution in [0.5, 0.6) is 0 Å². The monoisotopic (exact) mass is 569 g/mol. The molecule has 41 heavy (non-hydrogen) atoms. The minimum absolute atomic E-state index is 0.247. The Morgan fingerprint density at radius 2 is 1.71 bits per heavy atom. The SMILES string of the molecule is COCCN1CCN(CCc2ccc(Nc3ncc4c(n3)C3C(=CC=CC3C)C(c3ccc(Cl)cc3)C4)cc2)CC1. The molecule has 1 aromatic heterocycles. The van der Waals surface area contributed by atoms with Crippen LogP contribution in [-0.4, -0.2) is 72.8 Å². The van der Waals surface area contributed by atoms with E-state index in [-0.39, 0.29) is 5.92 Å².